The maximum atomic E-state index is 10.6. The lowest BCUT2D eigenvalue weighted by molar-refractivity contribution is -0.197. The number of aliphatic hydroxyl groups is 3. The minimum absolute atomic E-state index is 0.107. The third-order valence-electron chi connectivity index (χ3n) is 9.18. The number of hydrogen-bond acceptors (Lipinski definition) is 3. The van der Waals surface area contributed by atoms with E-state index in [0.29, 0.717) is 23.9 Å². The maximum absolute atomic E-state index is 10.6. The molecule has 23 heavy (non-hydrogen) atoms. The Kier molecular flexibility index (Phi) is 3.69. The van der Waals surface area contributed by atoms with Crippen molar-refractivity contribution in [1.82, 2.24) is 0 Å². The van der Waals surface area contributed by atoms with Crippen molar-refractivity contribution in [3.05, 3.63) is 0 Å². The van der Waals surface area contributed by atoms with Crippen LogP contribution in [0.15, 0.2) is 0 Å². The smallest absolute Gasteiger partial charge is 0.0618 e. The molecule has 4 fully saturated rings. The molecule has 1 spiro atoms. The Morgan fingerprint density at radius 1 is 0.913 bits per heavy atom. The van der Waals surface area contributed by atoms with Crippen molar-refractivity contribution >= 4 is 0 Å². The summed E-state index contributed by atoms with van der Waals surface area (Å²) in [4.78, 5) is 0. The number of aliphatic hydroxyl groups excluding tert-OH is 3. The van der Waals surface area contributed by atoms with Crippen LogP contribution < -0.4 is 0 Å². The number of hydrogen-bond donors (Lipinski definition) is 3. The SMILES string of the molecule is C[C@]1(CO)[C@H]2CC[C@]34C[C@@H](CO)[C@H](CC[C@H]3[C@]2(C)CC[C@H]1O)C4. The minimum Gasteiger partial charge on any atom is -0.396 e. The molecule has 4 aliphatic rings. The summed E-state index contributed by atoms with van der Waals surface area (Å²) in [5, 5.41) is 30.5. The first kappa shape index (κ1) is 16.4. The van der Waals surface area contributed by atoms with Crippen molar-refractivity contribution in [2.45, 2.75) is 71.3 Å². The topological polar surface area (TPSA) is 60.7 Å². The Morgan fingerprint density at radius 2 is 1.70 bits per heavy atom. The monoisotopic (exact) mass is 322 g/mol. The van der Waals surface area contributed by atoms with Crippen LogP contribution in [-0.4, -0.2) is 34.6 Å². The molecule has 0 aliphatic heterocycles. The molecule has 132 valence electrons. The average molecular weight is 322 g/mol. The van der Waals surface area contributed by atoms with Crippen molar-refractivity contribution in [1.29, 1.82) is 0 Å². The van der Waals surface area contributed by atoms with Crippen LogP contribution in [0.2, 0.25) is 0 Å². The highest BCUT2D eigenvalue weighted by Gasteiger charge is 2.65. The lowest BCUT2D eigenvalue weighted by Crippen LogP contribution is -2.61. The maximum Gasteiger partial charge on any atom is 0.0618 e. The molecule has 3 heteroatoms. The van der Waals surface area contributed by atoms with Gasteiger partial charge < -0.3 is 15.3 Å². The van der Waals surface area contributed by atoms with Gasteiger partial charge in [-0.1, -0.05) is 13.8 Å². The van der Waals surface area contributed by atoms with Gasteiger partial charge in [0.15, 0.2) is 0 Å². The molecule has 0 unspecified atom stereocenters. The normalized spacial score (nSPS) is 58.6. The summed E-state index contributed by atoms with van der Waals surface area (Å²) < 4.78 is 0. The van der Waals surface area contributed by atoms with E-state index in [2.05, 4.69) is 13.8 Å². The quantitative estimate of drug-likeness (QED) is 0.732. The van der Waals surface area contributed by atoms with Crippen molar-refractivity contribution in [3.8, 4) is 0 Å². The van der Waals surface area contributed by atoms with Gasteiger partial charge in [-0.05, 0) is 85.9 Å². The van der Waals surface area contributed by atoms with E-state index in [4.69, 9.17) is 0 Å². The third-order valence-corrected chi connectivity index (χ3v) is 9.18. The van der Waals surface area contributed by atoms with Gasteiger partial charge in [-0.3, -0.25) is 0 Å². The molecule has 3 N–H and O–H groups in total. The first-order chi connectivity index (χ1) is 10.9. The molecule has 0 heterocycles. The lowest BCUT2D eigenvalue weighted by Gasteiger charge is -2.65. The van der Waals surface area contributed by atoms with Crippen molar-refractivity contribution in [3.63, 3.8) is 0 Å². The molecule has 3 nitrogen and oxygen atoms in total. The van der Waals surface area contributed by atoms with Gasteiger partial charge >= 0.3 is 0 Å². The Hall–Kier alpha value is -0.120. The highest BCUT2D eigenvalue weighted by molar-refractivity contribution is 5.14. The molecular formula is C20H34O3. The number of rotatable bonds is 2. The van der Waals surface area contributed by atoms with Crippen molar-refractivity contribution in [2.24, 2.45) is 39.9 Å². The number of fused-ring (bicyclic) bond motifs is 3. The summed E-state index contributed by atoms with van der Waals surface area (Å²) in [6.07, 6.45) is 9.09. The fraction of sp³-hybridized carbons (Fsp3) is 1.00. The van der Waals surface area contributed by atoms with E-state index in [0.717, 1.165) is 31.1 Å². The molecule has 4 saturated carbocycles. The molecule has 4 rings (SSSR count). The van der Waals surface area contributed by atoms with Crippen LogP contribution in [-0.2, 0) is 0 Å². The Balaban J connectivity index is 1.70. The zero-order valence-corrected chi connectivity index (χ0v) is 14.8. The van der Waals surface area contributed by atoms with Gasteiger partial charge in [0, 0.05) is 12.0 Å². The first-order valence-corrected chi connectivity index (χ1v) is 9.79. The van der Waals surface area contributed by atoms with Crippen molar-refractivity contribution < 1.29 is 15.3 Å². The summed E-state index contributed by atoms with van der Waals surface area (Å²) in [6.45, 7) is 5.06. The van der Waals surface area contributed by atoms with E-state index < -0.39 is 0 Å². The summed E-state index contributed by atoms with van der Waals surface area (Å²) in [6, 6.07) is 0. The Morgan fingerprint density at radius 3 is 2.39 bits per heavy atom. The van der Waals surface area contributed by atoms with Gasteiger partial charge in [-0.15, -0.1) is 0 Å². The molecule has 0 aromatic rings. The second-order valence-electron chi connectivity index (χ2n) is 9.92. The van der Waals surface area contributed by atoms with Crippen LogP contribution >= 0.6 is 0 Å². The van der Waals surface area contributed by atoms with E-state index in [9.17, 15) is 15.3 Å². The van der Waals surface area contributed by atoms with Crippen LogP contribution in [0.1, 0.15) is 65.2 Å². The van der Waals surface area contributed by atoms with Gasteiger partial charge in [0.25, 0.3) is 0 Å². The minimum atomic E-state index is -0.357. The zero-order valence-electron chi connectivity index (χ0n) is 14.8. The Labute approximate surface area is 140 Å². The second-order valence-corrected chi connectivity index (χ2v) is 9.92. The molecular weight excluding hydrogens is 288 g/mol. The summed E-state index contributed by atoms with van der Waals surface area (Å²) in [5.74, 6) is 2.43. The Bertz CT molecular complexity index is 480. The summed E-state index contributed by atoms with van der Waals surface area (Å²) in [5.41, 5.74) is 0.366. The van der Waals surface area contributed by atoms with Gasteiger partial charge in [0.1, 0.15) is 0 Å². The predicted molar refractivity (Wildman–Crippen MR) is 89.7 cm³/mol. The second kappa shape index (κ2) is 5.19. The summed E-state index contributed by atoms with van der Waals surface area (Å²) >= 11 is 0. The molecule has 0 radical (unpaired) electrons. The highest BCUT2D eigenvalue weighted by Crippen LogP contribution is 2.72. The largest absolute Gasteiger partial charge is 0.396 e. The van der Waals surface area contributed by atoms with Crippen LogP contribution in [0.5, 0.6) is 0 Å². The predicted octanol–water partition coefficient (Wildman–Crippen LogP) is 2.97. The van der Waals surface area contributed by atoms with E-state index in [1.807, 2.05) is 0 Å². The third kappa shape index (κ3) is 1.99. The van der Waals surface area contributed by atoms with Crippen LogP contribution in [0.3, 0.4) is 0 Å². The molecule has 4 aliphatic carbocycles. The van der Waals surface area contributed by atoms with E-state index in [-0.39, 0.29) is 23.5 Å². The van der Waals surface area contributed by atoms with E-state index in [1.54, 1.807) is 0 Å². The molecule has 0 amide bonds. The van der Waals surface area contributed by atoms with E-state index >= 15 is 0 Å². The average Bonchev–Trinajstić information content (AvgIpc) is 2.81. The lowest BCUT2D eigenvalue weighted by atomic mass is 9.40. The van der Waals surface area contributed by atoms with Gasteiger partial charge in [0.05, 0.1) is 12.7 Å². The molecule has 0 aromatic heterocycles. The van der Waals surface area contributed by atoms with Gasteiger partial charge in [0.2, 0.25) is 0 Å². The first-order valence-electron chi connectivity index (χ1n) is 9.79. The molecule has 8 atom stereocenters. The zero-order chi connectivity index (χ0) is 16.5. The van der Waals surface area contributed by atoms with E-state index in [1.165, 1.54) is 32.1 Å². The fourth-order valence-corrected chi connectivity index (χ4v) is 8.05. The highest BCUT2D eigenvalue weighted by atomic mass is 16.3. The van der Waals surface area contributed by atoms with Crippen LogP contribution in [0.25, 0.3) is 0 Å². The van der Waals surface area contributed by atoms with Crippen molar-refractivity contribution in [2.75, 3.05) is 13.2 Å². The fourth-order valence-electron chi connectivity index (χ4n) is 8.05. The van der Waals surface area contributed by atoms with Crippen LogP contribution in [0.4, 0.5) is 0 Å². The standard InChI is InChI=1S/C20H34O3/c1-18-7-6-17(23)19(2,12-22)15(18)5-8-20-9-13(3-4-16(18)20)14(10-20)11-21/h13-17,21-23H,3-12H2,1-2H3/t13-,14+,15+,16+,17-,18-,19+,20+/m1/s1. The van der Waals surface area contributed by atoms with Crippen LogP contribution in [0, 0.1) is 39.9 Å². The molecule has 0 aromatic carbocycles. The molecule has 0 saturated heterocycles. The van der Waals surface area contributed by atoms with Gasteiger partial charge in [-0.2, -0.15) is 0 Å². The molecule has 2 bridgehead atoms. The van der Waals surface area contributed by atoms with Gasteiger partial charge in [-0.25, -0.2) is 0 Å². The summed E-state index contributed by atoms with van der Waals surface area (Å²) in [7, 11) is 0.